The van der Waals surface area contributed by atoms with Crippen molar-refractivity contribution in [3.63, 3.8) is 0 Å². The first-order valence-corrected chi connectivity index (χ1v) is 8.87. The maximum Gasteiger partial charge on any atom is 0.238 e. The normalized spacial score (nSPS) is 14.7. The highest BCUT2D eigenvalue weighted by molar-refractivity contribution is 5.93. The SMILES string of the molecule is CNc1nccn2c(-c3cccc(NC(=O)CN4CCCC4)c3)cnc12. The van der Waals surface area contributed by atoms with Gasteiger partial charge < -0.3 is 10.6 Å². The van der Waals surface area contributed by atoms with Gasteiger partial charge in [-0.15, -0.1) is 0 Å². The molecule has 2 N–H and O–H groups in total. The molecule has 7 heteroatoms. The van der Waals surface area contributed by atoms with E-state index in [1.807, 2.05) is 48.1 Å². The van der Waals surface area contributed by atoms with Crippen LogP contribution in [-0.2, 0) is 4.79 Å². The number of hydrogen-bond donors (Lipinski definition) is 2. The van der Waals surface area contributed by atoms with E-state index >= 15 is 0 Å². The van der Waals surface area contributed by atoms with Gasteiger partial charge in [0.1, 0.15) is 0 Å². The summed E-state index contributed by atoms with van der Waals surface area (Å²) in [5, 5.41) is 6.06. The molecule has 0 aliphatic carbocycles. The average molecular weight is 350 g/mol. The van der Waals surface area contributed by atoms with Gasteiger partial charge in [-0.05, 0) is 38.1 Å². The molecule has 0 unspecified atom stereocenters. The molecule has 1 saturated heterocycles. The van der Waals surface area contributed by atoms with Gasteiger partial charge in [-0.2, -0.15) is 0 Å². The monoisotopic (exact) mass is 350 g/mol. The summed E-state index contributed by atoms with van der Waals surface area (Å²) in [5.74, 6) is 0.762. The number of nitrogens with one attached hydrogen (secondary N) is 2. The van der Waals surface area contributed by atoms with Crippen molar-refractivity contribution in [3.8, 4) is 11.3 Å². The molecule has 1 aromatic carbocycles. The first-order valence-electron chi connectivity index (χ1n) is 8.87. The number of carbonyl (C=O) groups is 1. The summed E-state index contributed by atoms with van der Waals surface area (Å²) in [6, 6.07) is 7.85. The predicted octanol–water partition coefficient (Wildman–Crippen LogP) is 2.47. The number of benzene rings is 1. The van der Waals surface area contributed by atoms with Crippen LogP contribution >= 0.6 is 0 Å². The summed E-state index contributed by atoms with van der Waals surface area (Å²) in [6.07, 6.45) is 7.81. The van der Waals surface area contributed by atoms with Crippen LogP contribution in [0.4, 0.5) is 11.5 Å². The number of carbonyl (C=O) groups excluding carboxylic acids is 1. The van der Waals surface area contributed by atoms with E-state index in [1.54, 1.807) is 6.20 Å². The molecule has 0 bridgehead atoms. The second kappa shape index (κ2) is 7.13. The zero-order valence-corrected chi connectivity index (χ0v) is 14.8. The van der Waals surface area contributed by atoms with E-state index in [0.29, 0.717) is 6.54 Å². The third-order valence-corrected chi connectivity index (χ3v) is 4.67. The zero-order valence-electron chi connectivity index (χ0n) is 14.8. The van der Waals surface area contributed by atoms with Crippen LogP contribution in [0.1, 0.15) is 12.8 Å². The minimum Gasteiger partial charge on any atom is -0.370 e. The largest absolute Gasteiger partial charge is 0.370 e. The maximum absolute atomic E-state index is 12.3. The fourth-order valence-electron chi connectivity index (χ4n) is 3.41. The van der Waals surface area contributed by atoms with Crippen molar-refractivity contribution in [2.75, 3.05) is 37.3 Å². The molecule has 0 atom stereocenters. The van der Waals surface area contributed by atoms with Gasteiger partial charge in [-0.25, -0.2) is 9.97 Å². The summed E-state index contributed by atoms with van der Waals surface area (Å²) in [5.41, 5.74) is 3.51. The number of amides is 1. The third kappa shape index (κ3) is 3.25. The summed E-state index contributed by atoms with van der Waals surface area (Å²) < 4.78 is 1.99. The van der Waals surface area contributed by atoms with Crippen LogP contribution in [0.25, 0.3) is 16.9 Å². The zero-order chi connectivity index (χ0) is 17.9. The lowest BCUT2D eigenvalue weighted by Gasteiger charge is -2.14. The topological polar surface area (TPSA) is 74.6 Å². The van der Waals surface area contributed by atoms with Crippen LogP contribution < -0.4 is 10.6 Å². The Morgan fingerprint density at radius 1 is 1.23 bits per heavy atom. The van der Waals surface area contributed by atoms with Crippen LogP contribution in [0.15, 0.2) is 42.9 Å². The number of rotatable bonds is 5. The van der Waals surface area contributed by atoms with Gasteiger partial charge in [0.05, 0.1) is 18.4 Å². The first kappa shape index (κ1) is 16.5. The minimum atomic E-state index is 0.0314. The Kier molecular flexibility index (Phi) is 4.53. The molecule has 0 saturated carbocycles. The van der Waals surface area contributed by atoms with Gasteiger partial charge >= 0.3 is 0 Å². The van der Waals surface area contributed by atoms with Gasteiger partial charge in [0, 0.05) is 30.7 Å². The summed E-state index contributed by atoms with van der Waals surface area (Å²) in [4.78, 5) is 23.2. The van der Waals surface area contributed by atoms with Gasteiger partial charge in [0.15, 0.2) is 11.5 Å². The molecule has 4 rings (SSSR count). The molecule has 134 valence electrons. The van der Waals surface area contributed by atoms with Gasteiger partial charge in [0.2, 0.25) is 5.91 Å². The van der Waals surface area contributed by atoms with Crippen LogP contribution in [0, 0.1) is 0 Å². The van der Waals surface area contributed by atoms with Crippen molar-refractivity contribution in [2.24, 2.45) is 0 Å². The van der Waals surface area contributed by atoms with Crippen molar-refractivity contribution in [3.05, 3.63) is 42.9 Å². The Balaban J connectivity index is 1.57. The molecule has 1 aliphatic rings. The number of imidazole rings is 1. The number of anilines is 2. The fraction of sp³-hybridized carbons (Fsp3) is 0.316. The molecule has 1 amide bonds. The van der Waals surface area contributed by atoms with E-state index in [9.17, 15) is 4.79 Å². The summed E-state index contributed by atoms with van der Waals surface area (Å²) >= 11 is 0. The quantitative estimate of drug-likeness (QED) is 0.739. The molecule has 1 fully saturated rings. The van der Waals surface area contributed by atoms with Crippen LogP contribution in [0.2, 0.25) is 0 Å². The number of nitrogens with zero attached hydrogens (tertiary/aromatic N) is 4. The molecule has 3 aromatic rings. The molecule has 0 spiro atoms. The number of aromatic nitrogens is 3. The van der Waals surface area contributed by atoms with Gasteiger partial charge in [0.25, 0.3) is 0 Å². The Labute approximate surface area is 152 Å². The van der Waals surface area contributed by atoms with Crippen molar-refractivity contribution in [1.82, 2.24) is 19.3 Å². The molecule has 2 aromatic heterocycles. The molecular formula is C19H22N6O. The number of fused-ring (bicyclic) bond motifs is 1. The molecule has 1 aliphatic heterocycles. The van der Waals surface area contributed by atoms with E-state index in [4.69, 9.17) is 0 Å². The van der Waals surface area contributed by atoms with Crippen LogP contribution in [-0.4, -0.2) is 51.9 Å². The second-order valence-electron chi connectivity index (χ2n) is 6.48. The summed E-state index contributed by atoms with van der Waals surface area (Å²) in [7, 11) is 1.83. The van der Waals surface area contributed by atoms with E-state index in [1.165, 1.54) is 12.8 Å². The molecule has 26 heavy (non-hydrogen) atoms. The highest BCUT2D eigenvalue weighted by Crippen LogP contribution is 2.25. The molecule has 3 heterocycles. The van der Waals surface area contributed by atoms with E-state index in [0.717, 1.165) is 41.5 Å². The highest BCUT2D eigenvalue weighted by Gasteiger charge is 2.15. The third-order valence-electron chi connectivity index (χ3n) is 4.67. The smallest absolute Gasteiger partial charge is 0.238 e. The second-order valence-corrected chi connectivity index (χ2v) is 6.48. The Morgan fingerprint density at radius 3 is 2.88 bits per heavy atom. The van der Waals surface area contributed by atoms with Crippen molar-refractivity contribution >= 4 is 23.1 Å². The lowest BCUT2D eigenvalue weighted by molar-refractivity contribution is -0.117. The number of likely N-dealkylation sites (tertiary alicyclic amines) is 1. The fourth-order valence-corrected chi connectivity index (χ4v) is 3.41. The van der Waals surface area contributed by atoms with E-state index in [2.05, 4.69) is 25.5 Å². The highest BCUT2D eigenvalue weighted by atomic mass is 16.2. The Bertz CT molecular complexity index is 929. The van der Waals surface area contributed by atoms with Gasteiger partial charge in [-0.1, -0.05) is 12.1 Å². The van der Waals surface area contributed by atoms with Crippen molar-refractivity contribution in [1.29, 1.82) is 0 Å². The number of hydrogen-bond acceptors (Lipinski definition) is 5. The standard InChI is InChI=1S/C19H22N6O/c1-20-18-19-22-12-16(25(19)10-7-21-18)14-5-4-6-15(11-14)23-17(26)13-24-8-2-3-9-24/h4-7,10-12H,2-3,8-9,13H2,1H3,(H,20,21)(H,23,26). The molecule has 7 nitrogen and oxygen atoms in total. The predicted molar refractivity (Wildman–Crippen MR) is 102 cm³/mol. The molecule has 0 radical (unpaired) electrons. The van der Waals surface area contributed by atoms with Crippen molar-refractivity contribution < 1.29 is 4.79 Å². The Morgan fingerprint density at radius 2 is 2.08 bits per heavy atom. The summed E-state index contributed by atoms with van der Waals surface area (Å²) in [6.45, 7) is 2.48. The van der Waals surface area contributed by atoms with Crippen molar-refractivity contribution in [2.45, 2.75) is 12.8 Å². The lowest BCUT2D eigenvalue weighted by Crippen LogP contribution is -2.30. The van der Waals surface area contributed by atoms with Crippen LogP contribution in [0.5, 0.6) is 0 Å². The van der Waals surface area contributed by atoms with E-state index < -0.39 is 0 Å². The minimum absolute atomic E-state index is 0.0314. The van der Waals surface area contributed by atoms with Gasteiger partial charge in [-0.3, -0.25) is 14.1 Å². The van der Waals surface area contributed by atoms with Crippen LogP contribution in [0.3, 0.4) is 0 Å². The lowest BCUT2D eigenvalue weighted by atomic mass is 10.1. The first-order chi connectivity index (χ1) is 12.7. The molecular weight excluding hydrogens is 328 g/mol. The van der Waals surface area contributed by atoms with E-state index in [-0.39, 0.29) is 5.91 Å². The maximum atomic E-state index is 12.3. The average Bonchev–Trinajstić information content (AvgIpc) is 3.31. The Hall–Kier alpha value is -2.93.